The summed E-state index contributed by atoms with van der Waals surface area (Å²) >= 11 is 5.89. The van der Waals surface area contributed by atoms with Gasteiger partial charge in [-0.3, -0.25) is 19.5 Å². The van der Waals surface area contributed by atoms with Crippen LogP contribution in [0.3, 0.4) is 0 Å². The molecule has 1 aromatic rings. The second-order valence-electron chi connectivity index (χ2n) is 6.57. The molecule has 0 saturated carbocycles. The van der Waals surface area contributed by atoms with Gasteiger partial charge in [-0.1, -0.05) is 29.8 Å². The van der Waals surface area contributed by atoms with Crippen LogP contribution in [-0.2, 0) is 21.0 Å². The smallest absolute Gasteiger partial charge is 0.261 e. The summed E-state index contributed by atoms with van der Waals surface area (Å²) in [5, 5.41) is 2.32. The maximum absolute atomic E-state index is 12.7. The molecule has 0 spiro atoms. The van der Waals surface area contributed by atoms with Crippen molar-refractivity contribution in [1.82, 2.24) is 9.96 Å². The van der Waals surface area contributed by atoms with Gasteiger partial charge in [-0.25, -0.2) is 4.90 Å². The van der Waals surface area contributed by atoms with Crippen molar-refractivity contribution in [1.29, 1.82) is 0 Å². The molecule has 0 fully saturated rings. The predicted octanol–water partition coefficient (Wildman–Crippen LogP) is 3.72. The monoisotopic (exact) mass is 370 g/mol. The fourth-order valence-electron chi connectivity index (χ4n) is 3.45. The number of amides is 2. The summed E-state index contributed by atoms with van der Waals surface area (Å²) in [5.41, 5.74) is 2.92. The minimum Gasteiger partial charge on any atom is -0.269 e. The first-order valence-corrected chi connectivity index (χ1v) is 9.14. The van der Waals surface area contributed by atoms with Gasteiger partial charge in [-0.2, -0.15) is 0 Å². The number of hydroxylamine groups is 2. The molecule has 0 saturated heterocycles. The Bertz CT molecular complexity index is 811. The van der Waals surface area contributed by atoms with Crippen molar-refractivity contribution in [2.75, 3.05) is 6.54 Å². The van der Waals surface area contributed by atoms with Crippen LogP contribution >= 0.6 is 11.6 Å². The maximum atomic E-state index is 12.7. The molecule has 0 radical (unpaired) electrons. The minimum absolute atomic E-state index is 0.180. The Labute approximate surface area is 157 Å². The van der Waals surface area contributed by atoms with Crippen LogP contribution in [0.5, 0.6) is 0 Å². The van der Waals surface area contributed by atoms with Gasteiger partial charge in [0.2, 0.25) is 0 Å². The molecular weight excluding hydrogens is 352 g/mol. The van der Waals surface area contributed by atoms with E-state index < -0.39 is 0 Å². The summed E-state index contributed by atoms with van der Waals surface area (Å²) in [6, 6.07) is 7.43. The molecule has 0 unspecified atom stereocenters. The van der Waals surface area contributed by atoms with E-state index in [0.29, 0.717) is 47.9 Å². The lowest BCUT2D eigenvalue weighted by Gasteiger charge is -2.25. The lowest BCUT2D eigenvalue weighted by molar-refractivity contribution is -0.137. The van der Waals surface area contributed by atoms with Crippen molar-refractivity contribution >= 4 is 23.4 Å². The molecule has 3 aliphatic rings. The number of imide groups is 1. The van der Waals surface area contributed by atoms with Crippen molar-refractivity contribution in [3.05, 3.63) is 70.0 Å². The molecule has 134 valence electrons. The number of hydrogen-bond donors (Lipinski definition) is 0. The van der Waals surface area contributed by atoms with Crippen molar-refractivity contribution in [3.63, 3.8) is 0 Å². The normalized spacial score (nSPS) is 20.0. The summed E-state index contributed by atoms with van der Waals surface area (Å²) in [5.74, 6) is -0.361. The van der Waals surface area contributed by atoms with E-state index in [0.717, 1.165) is 18.4 Å². The first kappa shape index (κ1) is 17.1. The van der Waals surface area contributed by atoms with Gasteiger partial charge >= 0.3 is 0 Å². The molecule has 2 aliphatic heterocycles. The van der Waals surface area contributed by atoms with Gasteiger partial charge in [0.05, 0.1) is 25.0 Å². The number of carbonyl (C=O) groups is 2. The highest BCUT2D eigenvalue weighted by molar-refractivity contribution is 6.30. The minimum atomic E-state index is -0.180. The molecule has 2 heterocycles. The number of halogens is 1. The first-order valence-electron chi connectivity index (χ1n) is 8.76. The Hall–Kier alpha value is -2.37. The SMILES string of the molecule is O=C1C2=C(CCCC2)C(=O)N1C1=CN(OCc2ccc(Cl)cc2)CC=C1. The Morgan fingerprint density at radius 3 is 2.31 bits per heavy atom. The van der Waals surface area contributed by atoms with Crippen molar-refractivity contribution in [3.8, 4) is 0 Å². The fourth-order valence-corrected chi connectivity index (χ4v) is 3.58. The van der Waals surface area contributed by atoms with E-state index in [1.165, 1.54) is 4.90 Å². The van der Waals surface area contributed by atoms with E-state index in [4.69, 9.17) is 16.4 Å². The van der Waals surface area contributed by atoms with Gasteiger partial charge in [0.1, 0.15) is 0 Å². The van der Waals surface area contributed by atoms with E-state index in [1.807, 2.05) is 30.3 Å². The lowest BCUT2D eigenvalue weighted by atomic mass is 9.93. The van der Waals surface area contributed by atoms with Gasteiger partial charge in [0, 0.05) is 16.2 Å². The maximum Gasteiger partial charge on any atom is 0.261 e. The molecule has 0 bridgehead atoms. The van der Waals surface area contributed by atoms with Crippen molar-refractivity contribution in [2.45, 2.75) is 32.3 Å². The number of allylic oxidation sites excluding steroid dienone is 1. The van der Waals surface area contributed by atoms with E-state index in [2.05, 4.69) is 0 Å². The van der Waals surface area contributed by atoms with Crippen LogP contribution < -0.4 is 0 Å². The summed E-state index contributed by atoms with van der Waals surface area (Å²) < 4.78 is 0. The number of carbonyl (C=O) groups excluding carboxylic acids is 2. The molecular formula is C20H19ClN2O3. The molecule has 26 heavy (non-hydrogen) atoms. The van der Waals surface area contributed by atoms with Crippen LogP contribution in [0.2, 0.25) is 5.02 Å². The third-order valence-corrected chi connectivity index (χ3v) is 5.06. The Morgan fingerprint density at radius 1 is 1.00 bits per heavy atom. The summed E-state index contributed by atoms with van der Waals surface area (Å²) in [4.78, 5) is 32.4. The first-order chi connectivity index (χ1) is 12.6. The van der Waals surface area contributed by atoms with Crippen LogP contribution in [0.4, 0.5) is 0 Å². The second kappa shape index (κ2) is 7.09. The van der Waals surface area contributed by atoms with E-state index in [-0.39, 0.29) is 11.8 Å². The quantitative estimate of drug-likeness (QED) is 0.758. The second-order valence-corrected chi connectivity index (χ2v) is 7.00. The highest BCUT2D eigenvalue weighted by Gasteiger charge is 2.40. The molecule has 0 atom stereocenters. The number of nitrogens with zero attached hydrogens (tertiary/aromatic N) is 2. The number of hydrogen-bond acceptors (Lipinski definition) is 4. The van der Waals surface area contributed by atoms with Crippen LogP contribution in [0.25, 0.3) is 0 Å². The zero-order chi connectivity index (χ0) is 18.1. The zero-order valence-electron chi connectivity index (χ0n) is 14.3. The van der Waals surface area contributed by atoms with Gasteiger partial charge in [-0.15, -0.1) is 0 Å². The van der Waals surface area contributed by atoms with E-state index >= 15 is 0 Å². The van der Waals surface area contributed by atoms with Gasteiger partial charge in [-0.05, 0) is 49.5 Å². The number of benzene rings is 1. The Balaban J connectivity index is 1.47. The predicted molar refractivity (Wildman–Crippen MR) is 97.5 cm³/mol. The molecule has 1 aliphatic carbocycles. The number of rotatable bonds is 4. The van der Waals surface area contributed by atoms with Crippen molar-refractivity contribution < 1.29 is 14.4 Å². The van der Waals surface area contributed by atoms with E-state index in [1.54, 1.807) is 17.3 Å². The summed E-state index contributed by atoms with van der Waals surface area (Å²) in [7, 11) is 0. The summed E-state index contributed by atoms with van der Waals surface area (Å²) in [6.45, 7) is 0.936. The van der Waals surface area contributed by atoms with Gasteiger partial charge in [0.15, 0.2) is 0 Å². The highest BCUT2D eigenvalue weighted by atomic mass is 35.5. The average molecular weight is 371 g/mol. The molecule has 0 aromatic heterocycles. The van der Waals surface area contributed by atoms with Crippen LogP contribution in [0, 0.1) is 0 Å². The van der Waals surface area contributed by atoms with Crippen molar-refractivity contribution in [2.24, 2.45) is 0 Å². The lowest BCUT2D eigenvalue weighted by Crippen LogP contribution is -2.33. The van der Waals surface area contributed by atoms with Crippen LogP contribution in [0.1, 0.15) is 31.2 Å². The van der Waals surface area contributed by atoms with Crippen LogP contribution in [0.15, 0.2) is 59.5 Å². The largest absolute Gasteiger partial charge is 0.269 e. The molecule has 0 N–H and O–H groups in total. The summed E-state index contributed by atoms with van der Waals surface area (Å²) in [6.07, 6.45) is 8.73. The third-order valence-electron chi connectivity index (χ3n) is 4.81. The fraction of sp³-hybridized carbons (Fsp3) is 0.300. The highest BCUT2D eigenvalue weighted by Crippen LogP contribution is 2.35. The molecule has 6 heteroatoms. The molecule has 4 rings (SSSR count). The molecule has 5 nitrogen and oxygen atoms in total. The van der Waals surface area contributed by atoms with Gasteiger partial charge < -0.3 is 0 Å². The topological polar surface area (TPSA) is 49.9 Å². The Morgan fingerprint density at radius 2 is 1.65 bits per heavy atom. The van der Waals surface area contributed by atoms with E-state index in [9.17, 15) is 9.59 Å². The standard InChI is InChI=1S/C20H19ClN2O3/c21-15-9-7-14(8-10-15)13-26-22-11-3-4-16(12-22)23-19(24)17-5-1-2-6-18(17)20(23)25/h3-4,7-10,12H,1-2,5-6,11,13H2. The molecule has 1 aromatic carbocycles. The van der Waals surface area contributed by atoms with Gasteiger partial charge in [0.25, 0.3) is 11.8 Å². The third kappa shape index (κ3) is 3.20. The molecule has 2 amide bonds. The Kier molecular flexibility index (Phi) is 4.66. The average Bonchev–Trinajstić information content (AvgIpc) is 2.93. The zero-order valence-corrected chi connectivity index (χ0v) is 15.0. The van der Waals surface area contributed by atoms with Crippen LogP contribution in [-0.4, -0.2) is 28.3 Å².